The Bertz CT molecular complexity index is 619. The maximum atomic E-state index is 11.2. The van der Waals surface area contributed by atoms with Gasteiger partial charge in [-0.3, -0.25) is 15.1 Å². The van der Waals surface area contributed by atoms with Crippen molar-refractivity contribution in [2.75, 3.05) is 30.9 Å². The minimum atomic E-state index is -0.474. The molecule has 0 saturated carbocycles. The fourth-order valence-electron chi connectivity index (χ4n) is 1.93. The second-order valence-electron chi connectivity index (χ2n) is 4.39. The molecule has 0 saturated heterocycles. The summed E-state index contributed by atoms with van der Waals surface area (Å²) >= 11 is 0. The lowest BCUT2D eigenvalue weighted by Gasteiger charge is -2.18. The van der Waals surface area contributed by atoms with Crippen LogP contribution in [0.2, 0.25) is 0 Å². The molecule has 0 aromatic carbocycles. The van der Waals surface area contributed by atoms with Crippen molar-refractivity contribution in [1.82, 2.24) is 15.0 Å². The van der Waals surface area contributed by atoms with Crippen molar-refractivity contribution in [1.29, 1.82) is 0 Å². The molecule has 0 spiro atoms. The molecule has 0 amide bonds. The minimum absolute atomic E-state index is 0.122. The number of anilines is 2. The van der Waals surface area contributed by atoms with Crippen molar-refractivity contribution in [2.24, 2.45) is 0 Å². The normalized spacial score (nSPS) is 10.2. The number of nitrogens with one attached hydrogen (secondary N) is 1. The Morgan fingerprint density at radius 1 is 1.33 bits per heavy atom. The average molecular weight is 288 g/mol. The molecule has 0 aliphatic rings. The Labute approximate surface area is 122 Å². The van der Waals surface area contributed by atoms with Crippen LogP contribution in [0.15, 0.2) is 30.7 Å². The van der Waals surface area contributed by atoms with Crippen LogP contribution in [-0.2, 0) is 6.42 Å². The van der Waals surface area contributed by atoms with Gasteiger partial charge in [0.05, 0.1) is 4.92 Å². The summed E-state index contributed by atoms with van der Waals surface area (Å²) in [7, 11) is 3.35. The van der Waals surface area contributed by atoms with Gasteiger partial charge in [0.25, 0.3) is 0 Å². The van der Waals surface area contributed by atoms with E-state index in [4.69, 9.17) is 0 Å². The maximum Gasteiger partial charge on any atom is 0.353 e. The molecule has 0 aliphatic carbocycles. The first-order chi connectivity index (χ1) is 10.1. The monoisotopic (exact) mass is 288 g/mol. The predicted octanol–water partition coefficient (Wildman–Crippen LogP) is 1.50. The third-order valence-electron chi connectivity index (χ3n) is 3.01. The lowest BCUT2D eigenvalue weighted by atomic mass is 10.2. The molecule has 8 heteroatoms. The Morgan fingerprint density at radius 2 is 2.14 bits per heavy atom. The van der Waals surface area contributed by atoms with Crippen LogP contribution in [-0.4, -0.2) is 40.5 Å². The average Bonchev–Trinajstić information content (AvgIpc) is 2.52. The fourth-order valence-corrected chi connectivity index (χ4v) is 1.93. The van der Waals surface area contributed by atoms with E-state index in [1.165, 1.54) is 6.33 Å². The van der Waals surface area contributed by atoms with Gasteiger partial charge in [-0.1, -0.05) is 6.07 Å². The van der Waals surface area contributed by atoms with Crippen LogP contribution in [0.1, 0.15) is 5.69 Å². The van der Waals surface area contributed by atoms with Crippen molar-refractivity contribution in [3.8, 4) is 0 Å². The molecule has 1 N–H and O–H groups in total. The lowest BCUT2D eigenvalue weighted by molar-refractivity contribution is -0.383. The van der Waals surface area contributed by atoms with E-state index in [-0.39, 0.29) is 17.3 Å². The van der Waals surface area contributed by atoms with Gasteiger partial charge in [-0.25, -0.2) is 9.97 Å². The topological polar surface area (TPSA) is 97.1 Å². The van der Waals surface area contributed by atoms with Crippen molar-refractivity contribution in [3.05, 3.63) is 46.5 Å². The molecule has 2 aromatic rings. The van der Waals surface area contributed by atoms with Gasteiger partial charge in [-0.05, 0) is 12.1 Å². The van der Waals surface area contributed by atoms with Crippen molar-refractivity contribution >= 4 is 17.3 Å². The predicted molar refractivity (Wildman–Crippen MR) is 79.4 cm³/mol. The molecule has 0 atom stereocenters. The highest BCUT2D eigenvalue weighted by Gasteiger charge is 2.24. The summed E-state index contributed by atoms with van der Waals surface area (Å²) in [4.78, 5) is 24.6. The standard InChI is InChI=1S/C13H16N6O2/c1-14-12-11(19(20)21)13(17-9-16-12)18(2)8-6-10-5-3-4-7-15-10/h3-5,7,9H,6,8H2,1-2H3,(H,14,16,17). The number of pyridine rings is 1. The van der Waals surface area contributed by atoms with Crippen molar-refractivity contribution in [2.45, 2.75) is 6.42 Å². The van der Waals surface area contributed by atoms with E-state index >= 15 is 0 Å². The number of hydrogen-bond acceptors (Lipinski definition) is 7. The van der Waals surface area contributed by atoms with Gasteiger partial charge in [-0.15, -0.1) is 0 Å². The van der Waals surface area contributed by atoms with E-state index in [2.05, 4.69) is 20.3 Å². The molecule has 0 unspecified atom stereocenters. The van der Waals surface area contributed by atoms with E-state index in [0.717, 1.165) is 5.69 Å². The second kappa shape index (κ2) is 6.60. The third-order valence-corrected chi connectivity index (χ3v) is 3.01. The molecule has 8 nitrogen and oxygen atoms in total. The van der Waals surface area contributed by atoms with E-state index < -0.39 is 4.92 Å². The van der Waals surface area contributed by atoms with Gasteiger partial charge >= 0.3 is 5.69 Å². The number of hydrogen-bond donors (Lipinski definition) is 1. The summed E-state index contributed by atoms with van der Waals surface area (Å²) < 4.78 is 0. The Morgan fingerprint density at radius 3 is 2.76 bits per heavy atom. The number of nitrogens with zero attached hydrogens (tertiary/aromatic N) is 5. The highest BCUT2D eigenvalue weighted by molar-refractivity contribution is 5.69. The van der Waals surface area contributed by atoms with Crippen LogP contribution in [0.3, 0.4) is 0 Å². The van der Waals surface area contributed by atoms with E-state index in [1.807, 2.05) is 18.2 Å². The molecule has 2 aromatic heterocycles. The first kappa shape index (κ1) is 14.6. The summed E-state index contributed by atoms with van der Waals surface area (Å²) in [5.74, 6) is 0.491. The van der Waals surface area contributed by atoms with Crippen molar-refractivity contribution < 1.29 is 4.92 Å². The van der Waals surface area contributed by atoms with Crippen LogP contribution >= 0.6 is 0 Å². The molecule has 0 aliphatic heterocycles. The molecule has 110 valence electrons. The zero-order valence-corrected chi connectivity index (χ0v) is 11.9. The van der Waals surface area contributed by atoms with E-state index in [1.54, 1.807) is 25.2 Å². The van der Waals surface area contributed by atoms with Crippen LogP contribution in [0, 0.1) is 10.1 Å². The van der Waals surface area contributed by atoms with E-state index in [9.17, 15) is 10.1 Å². The molecule has 0 bridgehead atoms. The zero-order chi connectivity index (χ0) is 15.2. The SMILES string of the molecule is CNc1ncnc(N(C)CCc2ccccn2)c1[N+](=O)[O-]. The third kappa shape index (κ3) is 3.41. The molecule has 0 radical (unpaired) electrons. The molecular weight excluding hydrogens is 272 g/mol. The Kier molecular flexibility index (Phi) is 4.60. The zero-order valence-electron chi connectivity index (χ0n) is 11.9. The Hall–Kier alpha value is -2.77. The van der Waals surface area contributed by atoms with Gasteiger partial charge in [0.15, 0.2) is 0 Å². The van der Waals surface area contributed by atoms with E-state index in [0.29, 0.717) is 13.0 Å². The highest BCUT2D eigenvalue weighted by Crippen LogP contribution is 2.30. The quantitative estimate of drug-likeness (QED) is 0.635. The van der Waals surface area contributed by atoms with Gasteiger partial charge in [0.2, 0.25) is 11.6 Å². The molecule has 21 heavy (non-hydrogen) atoms. The number of aromatic nitrogens is 3. The minimum Gasteiger partial charge on any atom is -0.367 e. The Balaban J connectivity index is 2.19. The van der Waals surface area contributed by atoms with Gasteiger partial charge in [0.1, 0.15) is 6.33 Å². The summed E-state index contributed by atoms with van der Waals surface area (Å²) in [6.07, 6.45) is 3.71. The second-order valence-corrected chi connectivity index (χ2v) is 4.39. The van der Waals surface area contributed by atoms with Gasteiger partial charge in [0, 0.05) is 39.0 Å². The molecule has 2 rings (SSSR count). The number of rotatable bonds is 6. The summed E-state index contributed by atoms with van der Waals surface area (Å²) in [5.41, 5.74) is 0.804. The van der Waals surface area contributed by atoms with Crippen LogP contribution in [0.5, 0.6) is 0 Å². The lowest BCUT2D eigenvalue weighted by Crippen LogP contribution is -2.23. The number of nitro groups is 1. The maximum absolute atomic E-state index is 11.2. The smallest absolute Gasteiger partial charge is 0.353 e. The number of likely N-dealkylation sites (N-methyl/N-ethyl adjacent to an activating group) is 1. The summed E-state index contributed by atoms with van der Waals surface area (Å²) in [5, 5.41) is 13.9. The van der Waals surface area contributed by atoms with Crippen LogP contribution < -0.4 is 10.2 Å². The van der Waals surface area contributed by atoms with Gasteiger partial charge in [-0.2, -0.15) is 0 Å². The van der Waals surface area contributed by atoms with Crippen LogP contribution in [0.25, 0.3) is 0 Å². The molecule has 0 fully saturated rings. The summed E-state index contributed by atoms with van der Waals surface area (Å²) in [6, 6.07) is 5.68. The first-order valence-corrected chi connectivity index (χ1v) is 6.41. The van der Waals surface area contributed by atoms with Gasteiger partial charge < -0.3 is 10.2 Å². The van der Waals surface area contributed by atoms with Crippen LogP contribution in [0.4, 0.5) is 17.3 Å². The summed E-state index contributed by atoms with van der Waals surface area (Å²) in [6.45, 7) is 0.567. The molecule has 2 heterocycles. The fraction of sp³-hybridized carbons (Fsp3) is 0.308. The first-order valence-electron chi connectivity index (χ1n) is 6.41. The van der Waals surface area contributed by atoms with Crippen molar-refractivity contribution in [3.63, 3.8) is 0 Å². The largest absolute Gasteiger partial charge is 0.367 e. The molecular formula is C13H16N6O2. The highest BCUT2D eigenvalue weighted by atomic mass is 16.6.